The average Bonchev–Trinajstić information content (AvgIpc) is 2.36. The van der Waals surface area contributed by atoms with Gasteiger partial charge in [0, 0.05) is 26.2 Å². The highest BCUT2D eigenvalue weighted by atomic mass is 35.5. The summed E-state index contributed by atoms with van der Waals surface area (Å²) in [4.78, 5) is 0.257. The highest BCUT2D eigenvalue weighted by Crippen LogP contribution is 2.20. The van der Waals surface area contributed by atoms with Crippen LogP contribution in [0.5, 0.6) is 5.75 Å². The van der Waals surface area contributed by atoms with Crippen molar-refractivity contribution in [1.82, 2.24) is 9.62 Å². The molecule has 0 heterocycles. The Kier molecular flexibility index (Phi) is 8.01. The lowest BCUT2D eigenvalue weighted by Crippen LogP contribution is -2.32. The molecule has 1 aromatic rings. The minimum atomic E-state index is -3.44. The Bertz CT molecular complexity index is 480. The van der Waals surface area contributed by atoms with Crippen LogP contribution in [0.3, 0.4) is 0 Å². The first-order valence-electron chi connectivity index (χ1n) is 5.86. The highest BCUT2D eigenvalue weighted by molar-refractivity contribution is 7.89. The second kappa shape index (κ2) is 8.37. The zero-order chi connectivity index (χ0) is 13.6. The predicted octanol–water partition coefficient (Wildman–Crippen LogP) is 1.35. The van der Waals surface area contributed by atoms with Crippen molar-refractivity contribution < 1.29 is 13.2 Å². The van der Waals surface area contributed by atoms with Gasteiger partial charge in [0.1, 0.15) is 5.75 Å². The van der Waals surface area contributed by atoms with Crippen LogP contribution >= 0.6 is 12.4 Å². The lowest BCUT2D eigenvalue weighted by Gasteiger charge is -2.17. The molecule has 0 aliphatic rings. The summed E-state index contributed by atoms with van der Waals surface area (Å²) in [5.41, 5.74) is 0. The first kappa shape index (κ1) is 18.2. The van der Waals surface area contributed by atoms with Crippen molar-refractivity contribution in [2.75, 3.05) is 33.8 Å². The van der Waals surface area contributed by atoms with Gasteiger partial charge in [0.15, 0.2) is 0 Å². The summed E-state index contributed by atoms with van der Waals surface area (Å²) >= 11 is 0. The topological polar surface area (TPSA) is 58.6 Å². The lowest BCUT2D eigenvalue weighted by atomic mass is 10.3. The molecule has 1 N–H and O–H groups in total. The quantitative estimate of drug-likeness (QED) is 0.826. The molecule has 0 atom stereocenters. The molecule has 0 fully saturated rings. The van der Waals surface area contributed by atoms with E-state index in [4.69, 9.17) is 4.74 Å². The Morgan fingerprint density at radius 3 is 2.63 bits per heavy atom. The van der Waals surface area contributed by atoms with E-state index >= 15 is 0 Å². The maximum Gasteiger partial charge on any atom is 0.242 e. The van der Waals surface area contributed by atoms with E-state index in [1.54, 1.807) is 38.4 Å². The molecule has 110 valence electrons. The maximum atomic E-state index is 12.2. The van der Waals surface area contributed by atoms with E-state index in [-0.39, 0.29) is 17.3 Å². The number of ether oxygens (including phenoxy) is 1. The Hall–Kier alpha value is -0.820. The van der Waals surface area contributed by atoms with Crippen molar-refractivity contribution in [2.45, 2.75) is 11.8 Å². The van der Waals surface area contributed by atoms with Gasteiger partial charge in [-0.05, 0) is 26.1 Å². The number of halogens is 1. The average molecular weight is 309 g/mol. The van der Waals surface area contributed by atoms with Crippen LogP contribution < -0.4 is 10.1 Å². The second-order valence-electron chi connectivity index (χ2n) is 3.84. The standard InChI is InChI=1S/C12H20N2O3S.ClH/c1-4-17-11-6-5-7-12(10-11)18(15,16)14(3)9-8-13-2;/h5-7,10,13H,4,8-9H2,1-3H3;1H. The van der Waals surface area contributed by atoms with Gasteiger partial charge >= 0.3 is 0 Å². The van der Waals surface area contributed by atoms with Gasteiger partial charge in [-0.2, -0.15) is 4.31 Å². The zero-order valence-electron chi connectivity index (χ0n) is 11.4. The molecule has 19 heavy (non-hydrogen) atoms. The minimum absolute atomic E-state index is 0. The van der Waals surface area contributed by atoms with Crippen LogP contribution in [0.2, 0.25) is 0 Å². The van der Waals surface area contributed by atoms with E-state index in [0.29, 0.717) is 25.4 Å². The molecule has 1 rings (SSSR count). The molecule has 0 radical (unpaired) electrons. The van der Waals surface area contributed by atoms with E-state index < -0.39 is 10.0 Å². The molecular weight excluding hydrogens is 288 g/mol. The summed E-state index contributed by atoms with van der Waals surface area (Å²) in [6, 6.07) is 6.56. The molecular formula is C12H21ClN2O3S. The number of sulfonamides is 1. The fourth-order valence-corrected chi connectivity index (χ4v) is 2.67. The predicted molar refractivity (Wildman–Crippen MR) is 78.6 cm³/mol. The van der Waals surface area contributed by atoms with Crippen LogP contribution in [-0.2, 0) is 10.0 Å². The summed E-state index contributed by atoms with van der Waals surface area (Å²) in [7, 11) is -0.0814. The smallest absolute Gasteiger partial charge is 0.242 e. The van der Waals surface area contributed by atoms with E-state index in [2.05, 4.69) is 5.32 Å². The van der Waals surface area contributed by atoms with Crippen molar-refractivity contribution in [2.24, 2.45) is 0 Å². The molecule has 0 amide bonds. The van der Waals surface area contributed by atoms with Crippen molar-refractivity contribution in [3.63, 3.8) is 0 Å². The first-order chi connectivity index (χ1) is 8.52. The monoisotopic (exact) mass is 308 g/mol. The summed E-state index contributed by atoms with van der Waals surface area (Å²) < 4.78 is 31.1. The van der Waals surface area contributed by atoms with Gasteiger partial charge in [0.25, 0.3) is 0 Å². The van der Waals surface area contributed by atoms with Crippen molar-refractivity contribution in [1.29, 1.82) is 0 Å². The normalized spacial score (nSPS) is 11.2. The third kappa shape index (κ3) is 4.99. The number of benzene rings is 1. The summed E-state index contributed by atoms with van der Waals surface area (Å²) in [6.07, 6.45) is 0. The Balaban J connectivity index is 0.00000324. The number of nitrogens with one attached hydrogen (secondary N) is 1. The number of rotatable bonds is 7. The van der Waals surface area contributed by atoms with Crippen LogP contribution in [-0.4, -0.2) is 46.5 Å². The van der Waals surface area contributed by atoms with Crippen LogP contribution in [0.1, 0.15) is 6.92 Å². The van der Waals surface area contributed by atoms with Gasteiger partial charge in [-0.1, -0.05) is 6.07 Å². The van der Waals surface area contributed by atoms with Crippen LogP contribution in [0.15, 0.2) is 29.2 Å². The Morgan fingerprint density at radius 1 is 1.37 bits per heavy atom. The molecule has 0 aliphatic heterocycles. The fourth-order valence-electron chi connectivity index (χ4n) is 1.46. The van der Waals surface area contributed by atoms with Gasteiger partial charge in [-0.3, -0.25) is 0 Å². The summed E-state index contributed by atoms with van der Waals surface area (Å²) in [5, 5.41) is 2.92. The molecule has 0 saturated carbocycles. The fraction of sp³-hybridized carbons (Fsp3) is 0.500. The summed E-state index contributed by atoms with van der Waals surface area (Å²) in [6.45, 7) is 3.41. The van der Waals surface area contributed by atoms with Gasteiger partial charge in [-0.25, -0.2) is 8.42 Å². The number of likely N-dealkylation sites (N-methyl/N-ethyl adjacent to an activating group) is 2. The van der Waals surface area contributed by atoms with Crippen molar-refractivity contribution >= 4 is 22.4 Å². The number of hydrogen-bond acceptors (Lipinski definition) is 4. The van der Waals surface area contributed by atoms with Crippen molar-refractivity contribution in [3.05, 3.63) is 24.3 Å². The molecule has 1 aromatic carbocycles. The van der Waals surface area contributed by atoms with Gasteiger partial charge in [-0.15, -0.1) is 12.4 Å². The number of nitrogens with zero attached hydrogens (tertiary/aromatic N) is 1. The lowest BCUT2D eigenvalue weighted by molar-refractivity contribution is 0.339. The number of hydrogen-bond donors (Lipinski definition) is 1. The van der Waals surface area contributed by atoms with E-state index in [1.165, 1.54) is 4.31 Å². The maximum absolute atomic E-state index is 12.2. The first-order valence-corrected chi connectivity index (χ1v) is 7.30. The molecule has 0 aromatic heterocycles. The zero-order valence-corrected chi connectivity index (χ0v) is 13.1. The minimum Gasteiger partial charge on any atom is -0.494 e. The highest BCUT2D eigenvalue weighted by Gasteiger charge is 2.20. The molecule has 0 bridgehead atoms. The third-order valence-corrected chi connectivity index (χ3v) is 4.35. The van der Waals surface area contributed by atoms with Gasteiger partial charge in [0.2, 0.25) is 10.0 Å². The second-order valence-corrected chi connectivity index (χ2v) is 5.88. The van der Waals surface area contributed by atoms with E-state index in [0.717, 1.165) is 0 Å². The molecule has 0 saturated heterocycles. The van der Waals surface area contributed by atoms with Crippen LogP contribution in [0.25, 0.3) is 0 Å². The largest absolute Gasteiger partial charge is 0.494 e. The molecule has 0 aliphatic carbocycles. The van der Waals surface area contributed by atoms with Gasteiger partial charge in [0.05, 0.1) is 11.5 Å². The Labute approximate surface area is 121 Å². The summed E-state index contributed by atoms with van der Waals surface area (Å²) in [5.74, 6) is 0.570. The van der Waals surface area contributed by atoms with Gasteiger partial charge < -0.3 is 10.1 Å². The SMILES string of the molecule is CCOc1cccc(S(=O)(=O)N(C)CCNC)c1.Cl. The molecule has 5 nitrogen and oxygen atoms in total. The van der Waals surface area contributed by atoms with E-state index in [9.17, 15) is 8.42 Å². The molecule has 0 spiro atoms. The molecule has 0 unspecified atom stereocenters. The van der Waals surface area contributed by atoms with Crippen molar-refractivity contribution in [3.8, 4) is 5.75 Å². The third-order valence-electron chi connectivity index (χ3n) is 2.50. The van der Waals surface area contributed by atoms with E-state index in [1.807, 2.05) is 6.92 Å². The van der Waals surface area contributed by atoms with Crippen LogP contribution in [0.4, 0.5) is 0 Å². The van der Waals surface area contributed by atoms with Crippen LogP contribution in [0, 0.1) is 0 Å². The Morgan fingerprint density at radius 2 is 2.05 bits per heavy atom. The molecule has 7 heteroatoms.